The molecule has 3 N–H and O–H groups in total. The molecule has 74 valence electrons. The Morgan fingerprint density at radius 2 is 2.36 bits per heavy atom. The fourth-order valence-corrected chi connectivity index (χ4v) is 1.37. The molecule has 2 heterocycles. The molecule has 0 bridgehead atoms. The number of aromatic amines is 1. The van der Waals surface area contributed by atoms with E-state index < -0.39 is 0 Å². The van der Waals surface area contributed by atoms with Gasteiger partial charge in [0, 0.05) is 32.1 Å². The van der Waals surface area contributed by atoms with Crippen molar-refractivity contribution in [3.05, 3.63) is 34.8 Å². The zero-order valence-corrected chi connectivity index (χ0v) is 7.90. The second-order valence-corrected chi connectivity index (χ2v) is 3.21. The molecular weight excluding hydrogens is 180 g/mol. The second-order valence-electron chi connectivity index (χ2n) is 3.21. The lowest BCUT2D eigenvalue weighted by molar-refractivity contribution is 0.393. The van der Waals surface area contributed by atoms with Gasteiger partial charge in [0.25, 0.3) is 0 Å². The molecule has 0 atom stereocenters. The van der Waals surface area contributed by atoms with Crippen LogP contribution in [0.25, 0.3) is 0 Å². The van der Waals surface area contributed by atoms with Crippen LogP contribution in [0.2, 0.25) is 0 Å². The highest BCUT2D eigenvalue weighted by molar-refractivity contribution is 5.47. The lowest BCUT2D eigenvalue weighted by atomic mass is 10.4. The smallest absolute Gasteiger partial charge is 0.206 e. The zero-order valence-electron chi connectivity index (χ0n) is 7.90. The Morgan fingerprint density at radius 3 is 2.93 bits per heavy atom. The fraction of sp³-hybridized carbons (Fsp3) is 0.222. The number of pyridine rings is 1. The number of hydrogen-bond acceptors (Lipinski definition) is 4. The van der Waals surface area contributed by atoms with E-state index >= 15 is 0 Å². The molecule has 0 unspecified atom stereocenters. The van der Waals surface area contributed by atoms with E-state index in [4.69, 9.17) is 5.73 Å². The van der Waals surface area contributed by atoms with Gasteiger partial charge < -0.3 is 10.7 Å². The van der Waals surface area contributed by atoms with Crippen molar-refractivity contribution in [3.8, 4) is 0 Å². The highest BCUT2D eigenvalue weighted by Gasteiger charge is 2.14. The van der Waals surface area contributed by atoms with Crippen molar-refractivity contribution in [1.29, 1.82) is 0 Å². The molecule has 0 spiro atoms. The third-order valence-corrected chi connectivity index (χ3v) is 2.16. The van der Waals surface area contributed by atoms with Gasteiger partial charge in [0.2, 0.25) is 5.43 Å². The molecule has 1 aromatic heterocycles. The number of aromatic nitrogens is 1. The molecule has 0 radical (unpaired) electrons. The van der Waals surface area contributed by atoms with Crippen LogP contribution in [0.5, 0.6) is 0 Å². The predicted molar refractivity (Wildman–Crippen MR) is 55.7 cm³/mol. The summed E-state index contributed by atoms with van der Waals surface area (Å²) in [5, 5.41) is 3.84. The minimum Gasteiger partial charge on any atom is -0.394 e. The van der Waals surface area contributed by atoms with E-state index in [-0.39, 0.29) is 11.1 Å². The highest BCUT2D eigenvalue weighted by atomic mass is 16.1. The van der Waals surface area contributed by atoms with Crippen LogP contribution in [-0.2, 0) is 0 Å². The van der Waals surface area contributed by atoms with Crippen molar-refractivity contribution in [1.82, 2.24) is 9.99 Å². The van der Waals surface area contributed by atoms with Crippen LogP contribution >= 0.6 is 0 Å². The van der Waals surface area contributed by atoms with Crippen molar-refractivity contribution >= 4 is 11.5 Å². The summed E-state index contributed by atoms with van der Waals surface area (Å²) in [5.41, 5.74) is 5.50. The van der Waals surface area contributed by atoms with Gasteiger partial charge in [-0.05, 0) is 0 Å². The fourth-order valence-electron chi connectivity index (χ4n) is 1.37. The quantitative estimate of drug-likeness (QED) is 0.664. The Hall–Kier alpha value is -1.75. The summed E-state index contributed by atoms with van der Waals surface area (Å²) >= 11 is 0. The maximum atomic E-state index is 11.3. The van der Waals surface area contributed by atoms with E-state index in [1.165, 1.54) is 12.3 Å². The lowest BCUT2D eigenvalue weighted by Crippen LogP contribution is -2.32. The van der Waals surface area contributed by atoms with E-state index in [9.17, 15) is 4.79 Å². The first-order valence-electron chi connectivity index (χ1n) is 4.33. The molecule has 0 aromatic carbocycles. The van der Waals surface area contributed by atoms with Crippen LogP contribution in [-0.4, -0.2) is 23.6 Å². The van der Waals surface area contributed by atoms with E-state index in [2.05, 4.69) is 4.98 Å². The summed E-state index contributed by atoms with van der Waals surface area (Å²) in [4.78, 5) is 14.2. The predicted octanol–water partition coefficient (Wildman–Crippen LogP) is 0.138. The molecule has 0 aliphatic carbocycles. The number of nitrogens with one attached hydrogen (secondary N) is 1. The van der Waals surface area contributed by atoms with Gasteiger partial charge in [0.1, 0.15) is 5.82 Å². The number of nitrogens with two attached hydrogens (primary N) is 1. The van der Waals surface area contributed by atoms with E-state index in [0.29, 0.717) is 0 Å². The largest absolute Gasteiger partial charge is 0.394 e. The Bertz CT molecular complexity index is 423. The maximum Gasteiger partial charge on any atom is 0.206 e. The normalized spacial score (nSPS) is 16.5. The van der Waals surface area contributed by atoms with Gasteiger partial charge >= 0.3 is 0 Å². The summed E-state index contributed by atoms with van der Waals surface area (Å²) in [5.74, 6) is 0.723. The monoisotopic (exact) mass is 192 g/mol. The van der Waals surface area contributed by atoms with E-state index in [0.717, 1.165) is 12.4 Å². The van der Waals surface area contributed by atoms with Gasteiger partial charge in [0.15, 0.2) is 0 Å². The standard InChI is InChI=1S/C9H12N4O/c1-12-3-2-4-13(12)9-5-8(14)7(10)6-11-9/h2,4-6H,3,10H2,1H3,(H,11,14). The number of H-pyrrole nitrogens is 1. The average Bonchev–Trinajstić information content (AvgIpc) is 2.57. The Labute approximate surface area is 81.4 Å². The van der Waals surface area contributed by atoms with E-state index in [1.54, 1.807) is 0 Å². The number of likely N-dealkylation sites (N-methyl/N-ethyl adjacent to an activating group) is 1. The first-order chi connectivity index (χ1) is 6.68. The van der Waals surface area contributed by atoms with Crippen LogP contribution in [0.3, 0.4) is 0 Å². The van der Waals surface area contributed by atoms with Gasteiger partial charge in [-0.15, -0.1) is 0 Å². The highest BCUT2D eigenvalue weighted by Crippen LogP contribution is 2.14. The molecular formula is C9H12N4O. The van der Waals surface area contributed by atoms with Crippen LogP contribution < -0.4 is 16.2 Å². The van der Waals surface area contributed by atoms with Gasteiger partial charge in [-0.3, -0.25) is 9.80 Å². The van der Waals surface area contributed by atoms with Gasteiger partial charge in [-0.2, -0.15) is 0 Å². The van der Waals surface area contributed by atoms with E-state index in [1.807, 2.05) is 29.3 Å². The molecule has 0 saturated carbocycles. The Kier molecular flexibility index (Phi) is 2.01. The number of nitrogen functional groups attached to an aromatic ring is 1. The third-order valence-electron chi connectivity index (χ3n) is 2.16. The zero-order chi connectivity index (χ0) is 10.1. The number of anilines is 2. The number of rotatable bonds is 1. The second kappa shape index (κ2) is 3.19. The summed E-state index contributed by atoms with van der Waals surface area (Å²) in [7, 11) is 1.94. The molecule has 5 heteroatoms. The molecule has 1 aromatic rings. The number of nitrogens with zero attached hydrogens (tertiary/aromatic N) is 2. The van der Waals surface area contributed by atoms with Crippen LogP contribution in [0, 0.1) is 0 Å². The SMILES string of the molecule is CN1CC=CN1c1cc(=O)c(N)c[nH]1. The third kappa shape index (κ3) is 1.38. The molecule has 0 saturated heterocycles. The van der Waals surface area contributed by atoms with Crippen LogP contribution in [0.4, 0.5) is 11.5 Å². The van der Waals surface area contributed by atoms with Crippen molar-refractivity contribution in [2.45, 2.75) is 0 Å². The summed E-state index contributed by atoms with van der Waals surface area (Å²) in [6.07, 6.45) is 5.42. The topological polar surface area (TPSA) is 65.4 Å². The Morgan fingerprint density at radius 1 is 1.57 bits per heavy atom. The molecule has 2 rings (SSSR count). The molecule has 0 amide bonds. The van der Waals surface area contributed by atoms with Crippen molar-refractivity contribution in [2.24, 2.45) is 0 Å². The van der Waals surface area contributed by atoms with Crippen molar-refractivity contribution in [2.75, 3.05) is 24.3 Å². The van der Waals surface area contributed by atoms with Crippen molar-refractivity contribution in [3.63, 3.8) is 0 Å². The number of hydrazine groups is 1. The number of hydrogen-bond donors (Lipinski definition) is 2. The van der Waals surface area contributed by atoms with Crippen LogP contribution in [0.1, 0.15) is 0 Å². The summed E-state index contributed by atoms with van der Waals surface area (Å²) in [6, 6.07) is 1.49. The minimum absolute atomic E-state index is 0.160. The summed E-state index contributed by atoms with van der Waals surface area (Å²) in [6.45, 7) is 0.840. The average molecular weight is 192 g/mol. The van der Waals surface area contributed by atoms with Gasteiger partial charge in [0.05, 0.1) is 5.69 Å². The summed E-state index contributed by atoms with van der Waals surface area (Å²) < 4.78 is 0. The lowest BCUT2D eigenvalue weighted by Gasteiger charge is -2.24. The molecule has 14 heavy (non-hydrogen) atoms. The molecule has 1 aliphatic rings. The van der Waals surface area contributed by atoms with Gasteiger partial charge in [-0.1, -0.05) is 6.08 Å². The first-order valence-corrected chi connectivity index (χ1v) is 4.33. The van der Waals surface area contributed by atoms with Gasteiger partial charge in [-0.25, -0.2) is 5.01 Å². The molecule has 1 aliphatic heterocycles. The molecule has 0 fully saturated rings. The first kappa shape index (κ1) is 8.83. The van der Waals surface area contributed by atoms with Crippen molar-refractivity contribution < 1.29 is 0 Å². The van der Waals surface area contributed by atoms with Crippen LogP contribution in [0.15, 0.2) is 29.3 Å². The molecule has 5 nitrogen and oxygen atoms in total. The minimum atomic E-state index is -0.160. The maximum absolute atomic E-state index is 11.3. The Balaban J connectivity index is 2.37.